The largest absolute Gasteiger partial charge is 0.372 e. The number of nitrogens with one attached hydrogen (secondary N) is 1. The Morgan fingerprint density at radius 1 is 1.25 bits per heavy atom. The van der Waals surface area contributed by atoms with Gasteiger partial charge in [0.05, 0.1) is 18.8 Å². The molecule has 2 aliphatic heterocycles. The first kappa shape index (κ1) is 17.4. The minimum Gasteiger partial charge on any atom is -0.372 e. The van der Waals surface area contributed by atoms with Gasteiger partial charge in [0.1, 0.15) is 0 Å². The molecule has 0 aliphatic carbocycles. The molecule has 0 spiro atoms. The van der Waals surface area contributed by atoms with Crippen molar-refractivity contribution in [3.05, 3.63) is 23.8 Å². The lowest BCUT2D eigenvalue weighted by Crippen LogP contribution is -2.51. The van der Waals surface area contributed by atoms with Crippen molar-refractivity contribution < 1.29 is 9.53 Å². The number of nitrogens with zero attached hydrogens (tertiary/aromatic N) is 2. The van der Waals surface area contributed by atoms with Crippen LogP contribution in [0, 0.1) is 6.92 Å². The number of thioether (sulfide) groups is 1. The molecule has 0 unspecified atom stereocenters. The number of morpholine rings is 1. The number of hydrogen-bond acceptors (Lipinski definition) is 4. The van der Waals surface area contributed by atoms with Crippen molar-refractivity contribution in [1.82, 2.24) is 4.90 Å². The van der Waals surface area contributed by atoms with Gasteiger partial charge in [-0.1, -0.05) is 0 Å². The van der Waals surface area contributed by atoms with Crippen molar-refractivity contribution in [2.75, 3.05) is 54.5 Å². The Kier molecular flexibility index (Phi) is 5.25. The second-order valence-electron chi connectivity index (χ2n) is 7.06. The molecule has 3 rings (SSSR count). The summed E-state index contributed by atoms with van der Waals surface area (Å²) >= 11 is 2.01. The fraction of sp³-hybridized carbons (Fsp3) is 0.611. The van der Waals surface area contributed by atoms with Crippen LogP contribution in [0.15, 0.2) is 18.2 Å². The number of aryl methyl sites for hydroxylation is 1. The van der Waals surface area contributed by atoms with E-state index in [1.165, 1.54) is 22.8 Å². The molecule has 1 aromatic carbocycles. The molecule has 0 radical (unpaired) electrons. The highest BCUT2D eigenvalue weighted by atomic mass is 32.2. The number of urea groups is 1. The molecule has 0 bridgehead atoms. The molecular formula is C18H27N3O2S. The summed E-state index contributed by atoms with van der Waals surface area (Å²) in [7, 11) is 0. The summed E-state index contributed by atoms with van der Waals surface area (Å²) in [5, 5.41) is 3.03. The Morgan fingerprint density at radius 3 is 2.67 bits per heavy atom. The van der Waals surface area contributed by atoms with Crippen LogP contribution >= 0.6 is 11.8 Å². The molecule has 1 aromatic rings. The first-order valence-electron chi connectivity index (χ1n) is 8.58. The van der Waals surface area contributed by atoms with Crippen molar-refractivity contribution in [3.8, 4) is 0 Å². The van der Waals surface area contributed by atoms with Crippen LogP contribution in [0.2, 0.25) is 0 Å². The van der Waals surface area contributed by atoms with E-state index in [1.807, 2.05) is 36.6 Å². The first-order chi connectivity index (χ1) is 11.4. The van der Waals surface area contributed by atoms with Crippen LogP contribution < -0.4 is 10.2 Å². The molecule has 24 heavy (non-hydrogen) atoms. The third-order valence-electron chi connectivity index (χ3n) is 4.51. The van der Waals surface area contributed by atoms with Crippen molar-refractivity contribution in [2.45, 2.75) is 26.4 Å². The van der Waals surface area contributed by atoms with Gasteiger partial charge in [-0.15, -0.1) is 0 Å². The van der Waals surface area contributed by atoms with Gasteiger partial charge in [0.15, 0.2) is 0 Å². The highest BCUT2D eigenvalue weighted by molar-refractivity contribution is 7.99. The third kappa shape index (κ3) is 4.16. The monoisotopic (exact) mass is 349 g/mol. The maximum atomic E-state index is 12.5. The SMILES string of the molecule is Cc1cc(NC(=O)N2CCOC(C)(C)C2)ccc1N1CCSCC1. The quantitative estimate of drug-likeness (QED) is 0.891. The van der Waals surface area contributed by atoms with Gasteiger partial charge < -0.3 is 19.9 Å². The van der Waals surface area contributed by atoms with Crippen LogP contribution in [0.3, 0.4) is 0 Å². The van der Waals surface area contributed by atoms with E-state index in [-0.39, 0.29) is 11.6 Å². The fourth-order valence-corrected chi connectivity index (χ4v) is 4.19. The molecule has 2 amide bonds. The molecule has 6 heteroatoms. The topological polar surface area (TPSA) is 44.8 Å². The summed E-state index contributed by atoms with van der Waals surface area (Å²) in [5.41, 5.74) is 3.07. The van der Waals surface area contributed by atoms with E-state index in [0.29, 0.717) is 19.7 Å². The Morgan fingerprint density at radius 2 is 2.00 bits per heavy atom. The average molecular weight is 350 g/mol. The predicted octanol–water partition coefficient (Wildman–Crippen LogP) is 3.19. The summed E-state index contributed by atoms with van der Waals surface area (Å²) < 4.78 is 5.67. The zero-order chi connectivity index (χ0) is 17.2. The van der Waals surface area contributed by atoms with Gasteiger partial charge in [-0.25, -0.2) is 4.79 Å². The van der Waals surface area contributed by atoms with E-state index in [9.17, 15) is 4.79 Å². The Labute approximate surface area is 148 Å². The Balaban J connectivity index is 1.65. The number of rotatable bonds is 2. The number of carbonyl (C=O) groups is 1. The number of amides is 2. The fourth-order valence-electron chi connectivity index (χ4n) is 3.28. The Bertz CT molecular complexity index is 600. The van der Waals surface area contributed by atoms with Gasteiger partial charge in [-0.2, -0.15) is 11.8 Å². The lowest BCUT2D eigenvalue weighted by Gasteiger charge is -2.38. The van der Waals surface area contributed by atoms with E-state index in [4.69, 9.17) is 4.74 Å². The van der Waals surface area contributed by atoms with Gasteiger partial charge in [-0.3, -0.25) is 0 Å². The number of hydrogen-bond donors (Lipinski definition) is 1. The summed E-state index contributed by atoms with van der Waals surface area (Å²) in [6.07, 6.45) is 0. The normalized spacial score (nSPS) is 20.8. The highest BCUT2D eigenvalue weighted by Crippen LogP contribution is 2.26. The van der Waals surface area contributed by atoms with Crippen molar-refractivity contribution in [3.63, 3.8) is 0 Å². The zero-order valence-electron chi connectivity index (χ0n) is 14.8. The standard InChI is InChI=1S/C18H27N3O2S/c1-14-12-15(4-5-16(14)20-7-10-24-11-8-20)19-17(22)21-6-9-23-18(2,3)13-21/h4-5,12H,6-11,13H2,1-3H3,(H,19,22). The molecule has 0 saturated carbocycles. The molecule has 2 heterocycles. The highest BCUT2D eigenvalue weighted by Gasteiger charge is 2.30. The van der Waals surface area contributed by atoms with Crippen LogP contribution in [0.25, 0.3) is 0 Å². The molecule has 2 saturated heterocycles. The molecule has 132 valence electrons. The van der Waals surface area contributed by atoms with Crippen molar-refractivity contribution in [1.29, 1.82) is 0 Å². The summed E-state index contributed by atoms with van der Waals surface area (Å²) in [4.78, 5) is 16.8. The van der Waals surface area contributed by atoms with E-state index in [1.54, 1.807) is 0 Å². The van der Waals surface area contributed by atoms with Crippen LogP contribution in [0.4, 0.5) is 16.2 Å². The minimum absolute atomic E-state index is 0.0482. The summed E-state index contributed by atoms with van der Waals surface area (Å²) in [6, 6.07) is 6.16. The predicted molar refractivity (Wildman–Crippen MR) is 101 cm³/mol. The first-order valence-corrected chi connectivity index (χ1v) is 9.73. The van der Waals surface area contributed by atoms with E-state index in [2.05, 4.69) is 29.3 Å². The molecular weight excluding hydrogens is 322 g/mol. The van der Waals surface area contributed by atoms with E-state index in [0.717, 1.165) is 18.8 Å². The van der Waals surface area contributed by atoms with Gasteiger partial charge in [0.2, 0.25) is 0 Å². The van der Waals surface area contributed by atoms with Crippen LogP contribution in [0.1, 0.15) is 19.4 Å². The molecule has 2 fully saturated rings. The lowest BCUT2D eigenvalue weighted by atomic mass is 10.1. The summed E-state index contributed by atoms with van der Waals surface area (Å²) in [6.45, 7) is 10.2. The van der Waals surface area contributed by atoms with Crippen molar-refractivity contribution in [2.24, 2.45) is 0 Å². The van der Waals surface area contributed by atoms with Gasteiger partial charge in [0, 0.05) is 42.5 Å². The number of benzene rings is 1. The molecule has 0 aromatic heterocycles. The minimum atomic E-state index is -0.276. The molecule has 0 atom stereocenters. The van der Waals surface area contributed by atoms with Gasteiger partial charge >= 0.3 is 6.03 Å². The zero-order valence-corrected chi connectivity index (χ0v) is 15.6. The van der Waals surface area contributed by atoms with E-state index >= 15 is 0 Å². The van der Waals surface area contributed by atoms with Gasteiger partial charge in [0.25, 0.3) is 0 Å². The molecule has 2 aliphatic rings. The average Bonchev–Trinajstić information content (AvgIpc) is 2.55. The number of anilines is 2. The van der Waals surface area contributed by atoms with Gasteiger partial charge in [-0.05, 0) is 44.5 Å². The lowest BCUT2D eigenvalue weighted by molar-refractivity contribution is -0.0720. The summed E-state index contributed by atoms with van der Waals surface area (Å²) in [5.74, 6) is 2.37. The second kappa shape index (κ2) is 7.23. The number of carbonyl (C=O) groups excluding carboxylic acids is 1. The maximum Gasteiger partial charge on any atom is 0.322 e. The van der Waals surface area contributed by atoms with Crippen LogP contribution in [-0.4, -0.2) is 60.8 Å². The maximum absolute atomic E-state index is 12.5. The molecule has 5 nitrogen and oxygen atoms in total. The van der Waals surface area contributed by atoms with Crippen LogP contribution in [-0.2, 0) is 4.74 Å². The van der Waals surface area contributed by atoms with E-state index < -0.39 is 0 Å². The Hall–Kier alpha value is -1.40. The smallest absolute Gasteiger partial charge is 0.322 e. The third-order valence-corrected chi connectivity index (χ3v) is 5.46. The number of ether oxygens (including phenoxy) is 1. The molecule has 1 N–H and O–H groups in total. The van der Waals surface area contributed by atoms with Crippen molar-refractivity contribution >= 4 is 29.2 Å². The second-order valence-corrected chi connectivity index (χ2v) is 8.29. The van der Waals surface area contributed by atoms with Crippen LogP contribution in [0.5, 0.6) is 0 Å².